The first-order chi connectivity index (χ1) is 6.80. The van der Waals surface area contributed by atoms with E-state index < -0.39 is 5.41 Å². The SMILES string of the molecule is CC(C)(C)C(=O)Nc1cc(I)c(Cl)nn1. The Morgan fingerprint density at radius 2 is 2.07 bits per heavy atom. The zero-order valence-corrected chi connectivity index (χ0v) is 11.5. The second-order valence-corrected chi connectivity index (χ2v) is 5.59. The van der Waals surface area contributed by atoms with E-state index in [9.17, 15) is 4.79 Å². The molecule has 0 atom stereocenters. The second-order valence-electron chi connectivity index (χ2n) is 4.07. The Morgan fingerprint density at radius 1 is 1.47 bits per heavy atom. The van der Waals surface area contributed by atoms with Crippen LogP contribution < -0.4 is 5.32 Å². The highest BCUT2D eigenvalue weighted by molar-refractivity contribution is 14.1. The number of aromatic nitrogens is 2. The van der Waals surface area contributed by atoms with E-state index in [1.165, 1.54) is 0 Å². The molecule has 82 valence electrons. The Bertz CT molecular complexity index is 389. The largest absolute Gasteiger partial charge is 0.309 e. The third kappa shape index (κ3) is 3.57. The maximum Gasteiger partial charge on any atom is 0.230 e. The van der Waals surface area contributed by atoms with Gasteiger partial charge >= 0.3 is 0 Å². The Balaban J connectivity index is 2.83. The number of amides is 1. The predicted molar refractivity (Wildman–Crippen MR) is 67.8 cm³/mol. The molecule has 1 heterocycles. The van der Waals surface area contributed by atoms with Crippen LogP contribution in [0.25, 0.3) is 0 Å². The molecule has 1 aromatic heterocycles. The number of anilines is 1. The molecule has 0 radical (unpaired) electrons. The minimum atomic E-state index is -0.452. The lowest BCUT2D eigenvalue weighted by molar-refractivity contribution is -0.123. The second kappa shape index (κ2) is 4.61. The van der Waals surface area contributed by atoms with Crippen LogP contribution in [0.15, 0.2) is 6.07 Å². The number of nitrogens with zero attached hydrogens (tertiary/aromatic N) is 2. The van der Waals surface area contributed by atoms with Gasteiger partial charge in [-0.05, 0) is 28.7 Å². The lowest BCUT2D eigenvalue weighted by Gasteiger charge is -2.16. The summed E-state index contributed by atoms with van der Waals surface area (Å²) in [7, 11) is 0. The fraction of sp³-hybridized carbons (Fsp3) is 0.444. The molecular formula is C9H11ClIN3O. The number of nitrogens with one attached hydrogen (secondary N) is 1. The molecule has 0 saturated carbocycles. The first kappa shape index (κ1) is 12.6. The van der Waals surface area contributed by atoms with Gasteiger partial charge in [-0.15, -0.1) is 10.2 Å². The van der Waals surface area contributed by atoms with Gasteiger partial charge in [-0.25, -0.2) is 0 Å². The van der Waals surface area contributed by atoms with Crippen molar-refractivity contribution >= 4 is 45.9 Å². The molecule has 0 aliphatic rings. The molecule has 0 spiro atoms. The van der Waals surface area contributed by atoms with E-state index in [2.05, 4.69) is 15.5 Å². The van der Waals surface area contributed by atoms with Crippen LogP contribution in [0.5, 0.6) is 0 Å². The van der Waals surface area contributed by atoms with E-state index in [4.69, 9.17) is 11.6 Å². The molecule has 0 aromatic carbocycles. The lowest BCUT2D eigenvalue weighted by Crippen LogP contribution is -2.28. The third-order valence-electron chi connectivity index (χ3n) is 1.63. The van der Waals surface area contributed by atoms with Gasteiger partial charge < -0.3 is 5.32 Å². The summed E-state index contributed by atoms with van der Waals surface area (Å²) in [6.45, 7) is 5.49. The van der Waals surface area contributed by atoms with Crippen molar-refractivity contribution in [3.63, 3.8) is 0 Å². The number of hydrogen-bond acceptors (Lipinski definition) is 3. The van der Waals surface area contributed by atoms with Gasteiger partial charge in [0.25, 0.3) is 0 Å². The number of carbonyl (C=O) groups is 1. The molecule has 1 N–H and O–H groups in total. The van der Waals surface area contributed by atoms with Gasteiger partial charge in [-0.3, -0.25) is 4.79 Å². The van der Waals surface area contributed by atoms with E-state index >= 15 is 0 Å². The first-order valence-electron chi connectivity index (χ1n) is 4.31. The van der Waals surface area contributed by atoms with E-state index in [0.717, 1.165) is 3.57 Å². The normalized spacial score (nSPS) is 11.3. The highest BCUT2D eigenvalue weighted by Gasteiger charge is 2.21. The molecule has 0 aliphatic carbocycles. The van der Waals surface area contributed by atoms with Crippen molar-refractivity contribution in [3.05, 3.63) is 14.8 Å². The van der Waals surface area contributed by atoms with Crippen molar-refractivity contribution in [1.29, 1.82) is 0 Å². The molecule has 1 rings (SSSR count). The summed E-state index contributed by atoms with van der Waals surface area (Å²) in [5, 5.41) is 10.5. The van der Waals surface area contributed by atoms with E-state index in [-0.39, 0.29) is 5.91 Å². The number of carbonyl (C=O) groups excluding carboxylic acids is 1. The van der Waals surface area contributed by atoms with Gasteiger partial charge in [-0.2, -0.15) is 0 Å². The average molecular weight is 340 g/mol. The van der Waals surface area contributed by atoms with Gasteiger partial charge in [0.05, 0.1) is 3.57 Å². The molecule has 0 unspecified atom stereocenters. The summed E-state index contributed by atoms with van der Waals surface area (Å²) < 4.78 is 0.758. The summed E-state index contributed by atoms with van der Waals surface area (Å²) in [6, 6.07) is 1.68. The van der Waals surface area contributed by atoms with Gasteiger partial charge in [0.15, 0.2) is 11.0 Å². The standard InChI is InChI=1S/C9H11ClIN3O/c1-9(2,3)8(15)12-6-4-5(11)7(10)14-13-6/h4H,1-3H3,(H,12,13,15). The minimum absolute atomic E-state index is 0.102. The van der Waals surface area contributed by atoms with Crippen LogP contribution in [-0.4, -0.2) is 16.1 Å². The van der Waals surface area contributed by atoms with Crippen LogP contribution in [0, 0.1) is 8.99 Å². The molecule has 6 heteroatoms. The molecule has 0 bridgehead atoms. The predicted octanol–water partition coefficient (Wildman–Crippen LogP) is 2.72. The molecule has 4 nitrogen and oxygen atoms in total. The maximum absolute atomic E-state index is 11.6. The average Bonchev–Trinajstić information content (AvgIpc) is 2.10. The zero-order valence-electron chi connectivity index (χ0n) is 8.64. The van der Waals surface area contributed by atoms with E-state index in [1.54, 1.807) is 6.07 Å². The van der Waals surface area contributed by atoms with Gasteiger partial charge in [0.1, 0.15) is 0 Å². The summed E-state index contributed by atoms with van der Waals surface area (Å²) in [5.41, 5.74) is -0.452. The van der Waals surface area contributed by atoms with Crippen molar-refractivity contribution < 1.29 is 4.79 Å². The Kier molecular flexibility index (Phi) is 3.88. The summed E-state index contributed by atoms with van der Waals surface area (Å²) in [5.74, 6) is 0.318. The van der Waals surface area contributed by atoms with Crippen LogP contribution in [0.1, 0.15) is 20.8 Å². The minimum Gasteiger partial charge on any atom is -0.309 e. The van der Waals surface area contributed by atoms with Crippen molar-refractivity contribution in [2.75, 3.05) is 5.32 Å². The fourth-order valence-corrected chi connectivity index (χ4v) is 1.21. The monoisotopic (exact) mass is 339 g/mol. The van der Waals surface area contributed by atoms with Crippen LogP contribution in [0.4, 0.5) is 5.82 Å². The van der Waals surface area contributed by atoms with Crippen LogP contribution in [0.2, 0.25) is 5.15 Å². The van der Waals surface area contributed by atoms with Gasteiger partial charge in [0.2, 0.25) is 5.91 Å². The molecular weight excluding hydrogens is 328 g/mol. The van der Waals surface area contributed by atoms with Crippen molar-refractivity contribution in [2.24, 2.45) is 5.41 Å². The first-order valence-corrected chi connectivity index (χ1v) is 5.76. The topological polar surface area (TPSA) is 54.9 Å². The molecule has 15 heavy (non-hydrogen) atoms. The molecule has 1 aromatic rings. The smallest absolute Gasteiger partial charge is 0.230 e. The number of hydrogen-bond donors (Lipinski definition) is 1. The molecule has 1 amide bonds. The quantitative estimate of drug-likeness (QED) is 0.801. The fourth-order valence-electron chi connectivity index (χ4n) is 0.719. The molecule has 0 saturated heterocycles. The Morgan fingerprint density at radius 3 is 2.53 bits per heavy atom. The van der Waals surface area contributed by atoms with Crippen molar-refractivity contribution in [1.82, 2.24) is 10.2 Å². The van der Waals surface area contributed by atoms with Gasteiger partial charge in [0, 0.05) is 5.41 Å². The maximum atomic E-state index is 11.6. The molecule has 0 aliphatic heterocycles. The number of rotatable bonds is 1. The Hall–Kier alpha value is -0.430. The Labute approximate surface area is 107 Å². The van der Waals surface area contributed by atoms with Gasteiger partial charge in [-0.1, -0.05) is 32.4 Å². The van der Waals surface area contributed by atoms with Crippen LogP contribution >= 0.6 is 34.2 Å². The highest BCUT2D eigenvalue weighted by Crippen LogP contribution is 2.19. The summed E-state index contributed by atoms with van der Waals surface area (Å²) in [6.07, 6.45) is 0. The number of halogens is 2. The van der Waals surface area contributed by atoms with E-state index in [1.807, 2.05) is 43.4 Å². The van der Waals surface area contributed by atoms with Crippen molar-refractivity contribution in [2.45, 2.75) is 20.8 Å². The van der Waals surface area contributed by atoms with Crippen LogP contribution in [0.3, 0.4) is 0 Å². The van der Waals surface area contributed by atoms with E-state index in [0.29, 0.717) is 11.0 Å². The van der Waals surface area contributed by atoms with Crippen molar-refractivity contribution in [3.8, 4) is 0 Å². The highest BCUT2D eigenvalue weighted by atomic mass is 127. The third-order valence-corrected chi connectivity index (χ3v) is 3.05. The zero-order chi connectivity index (χ0) is 11.6. The lowest BCUT2D eigenvalue weighted by atomic mass is 9.96. The summed E-state index contributed by atoms with van der Waals surface area (Å²) in [4.78, 5) is 11.6. The van der Waals surface area contributed by atoms with Crippen LogP contribution in [-0.2, 0) is 4.79 Å². The molecule has 0 fully saturated rings. The summed E-state index contributed by atoms with van der Waals surface area (Å²) >= 11 is 7.75.